The van der Waals surface area contributed by atoms with Crippen LogP contribution in [0.4, 0.5) is 13.2 Å². The molecule has 1 unspecified atom stereocenters. The van der Waals surface area contributed by atoms with E-state index in [0.29, 0.717) is 35.0 Å². The molecule has 2 nitrogen and oxygen atoms in total. The molecule has 0 heterocycles. The maximum atomic E-state index is 14.8. The van der Waals surface area contributed by atoms with E-state index in [1.807, 2.05) is 6.08 Å². The number of allylic oxidation sites excluding steroid dienone is 2. The van der Waals surface area contributed by atoms with Gasteiger partial charge in [-0.05, 0) is 73.1 Å². The van der Waals surface area contributed by atoms with Crippen molar-refractivity contribution in [2.24, 2.45) is 5.92 Å². The molecule has 0 radical (unpaired) electrons. The summed E-state index contributed by atoms with van der Waals surface area (Å²) in [5, 5.41) is 0. The van der Waals surface area contributed by atoms with Gasteiger partial charge in [0.2, 0.25) is 5.82 Å². The van der Waals surface area contributed by atoms with Gasteiger partial charge in [0.1, 0.15) is 18.2 Å². The van der Waals surface area contributed by atoms with E-state index in [1.54, 1.807) is 43.3 Å². The number of hydrogen-bond donors (Lipinski definition) is 0. The number of halogens is 3. The molecule has 0 bridgehead atoms. The zero-order chi connectivity index (χ0) is 24.1. The number of rotatable bonds is 8. The van der Waals surface area contributed by atoms with E-state index in [0.717, 1.165) is 19.3 Å². The van der Waals surface area contributed by atoms with Crippen LogP contribution in [0.3, 0.4) is 0 Å². The lowest BCUT2D eigenvalue weighted by Gasteiger charge is -2.19. The molecular formula is C29H27F3O2. The highest BCUT2D eigenvalue weighted by Gasteiger charge is 2.16. The second-order valence-corrected chi connectivity index (χ2v) is 8.31. The summed E-state index contributed by atoms with van der Waals surface area (Å²) in [6.07, 6.45) is 7.17. The highest BCUT2D eigenvalue weighted by atomic mass is 19.2. The summed E-state index contributed by atoms with van der Waals surface area (Å²) in [6, 6.07) is 14.3. The largest absolute Gasteiger partial charge is 0.491 e. The van der Waals surface area contributed by atoms with Gasteiger partial charge in [0, 0.05) is 17.2 Å². The van der Waals surface area contributed by atoms with Crippen LogP contribution >= 0.6 is 0 Å². The van der Waals surface area contributed by atoms with Crippen LogP contribution in [-0.4, -0.2) is 13.2 Å². The summed E-state index contributed by atoms with van der Waals surface area (Å²) in [5.41, 5.74) is 2.86. The van der Waals surface area contributed by atoms with Crippen LogP contribution in [0.2, 0.25) is 0 Å². The van der Waals surface area contributed by atoms with Crippen LogP contribution in [0.15, 0.2) is 78.9 Å². The molecular weight excluding hydrogens is 437 g/mol. The minimum atomic E-state index is -1.02. The molecule has 3 aromatic rings. The molecule has 3 aromatic carbocycles. The van der Waals surface area contributed by atoms with Crippen molar-refractivity contribution in [3.05, 3.63) is 96.4 Å². The van der Waals surface area contributed by atoms with Crippen molar-refractivity contribution >= 4 is 0 Å². The lowest BCUT2D eigenvalue weighted by Crippen LogP contribution is -2.09. The molecule has 1 aliphatic rings. The highest BCUT2D eigenvalue weighted by Crippen LogP contribution is 2.33. The third-order valence-corrected chi connectivity index (χ3v) is 6.10. The molecule has 0 aromatic heterocycles. The summed E-state index contributed by atoms with van der Waals surface area (Å²) in [4.78, 5) is 0. The summed E-state index contributed by atoms with van der Waals surface area (Å²) in [7, 11) is 0. The first-order chi connectivity index (χ1) is 16.5. The molecule has 0 saturated carbocycles. The SMILES string of the molecule is C=CC1CC=C(COc2ccc(-c3ccc(-c4ccc(OCC)c(F)c4F)cc3)c(F)c2)CC1. The van der Waals surface area contributed by atoms with Gasteiger partial charge in [-0.2, -0.15) is 4.39 Å². The fourth-order valence-corrected chi connectivity index (χ4v) is 4.10. The Hall–Kier alpha value is -3.47. The first kappa shape index (κ1) is 23.7. The second-order valence-electron chi connectivity index (χ2n) is 8.31. The number of hydrogen-bond acceptors (Lipinski definition) is 2. The minimum absolute atomic E-state index is 0.119. The van der Waals surface area contributed by atoms with Crippen molar-refractivity contribution in [3.8, 4) is 33.8 Å². The van der Waals surface area contributed by atoms with Crippen LogP contribution in [-0.2, 0) is 0 Å². The van der Waals surface area contributed by atoms with Crippen LogP contribution in [0.1, 0.15) is 26.2 Å². The Balaban J connectivity index is 1.46. The molecule has 1 aliphatic carbocycles. The van der Waals surface area contributed by atoms with Crippen LogP contribution < -0.4 is 9.47 Å². The molecule has 4 rings (SSSR count). The monoisotopic (exact) mass is 464 g/mol. The number of ether oxygens (including phenoxy) is 2. The zero-order valence-corrected chi connectivity index (χ0v) is 19.1. The van der Waals surface area contributed by atoms with Gasteiger partial charge in [-0.15, -0.1) is 6.58 Å². The Morgan fingerprint density at radius 2 is 1.62 bits per heavy atom. The first-order valence-electron chi connectivity index (χ1n) is 11.4. The molecule has 1 atom stereocenters. The van der Waals surface area contributed by atoms with Crippen molar-refractivity contribution in [1.29, 1.82) is 0 Å². The van der Waals surface area contributed by atoms with E-state index in [4.69, 9.17) is 9.47 Å². The fourth-order valence-electron chi connectivity index (χ4n) is 4.10. The Morgan fingerprint density at radius 1 is 0.912 bits per heavy atom. The van der Waals surface area contributed by atoms with E-state index in [-0.39, 0.29) is 17.9 Å². The lowest BCUT2D eigenvalue weighted by molar-refractivity contribution is 0.314. The molecule has 0 N–H and O–H groups in total. The maximum absolute atomic E-state index is 14.8. The van der Waals surface area contributed by atoms with E-state index < -0.39 is 17.5 Å². The van der Waals surface area contributed by atoms with Gasteiger partial charge in [0.05, 0.1) is 6.61 Å². The lowest BCUT2D eigenvalue weighted by atomic mass is 9.90. The molecule has 5 heteroatoms. The van der Waals surface area contributed by atoms with Crippen molar-refractivity contribution in [2.45, 2.75) is 26.2 Å². The van der Waals surface area contributed by atoms with Crippen molar-refractivity contribution in [1.82, 2.24) is 0 Å². The van der Waals surface area contributed by atoms with Crippen LogP contribution in [0.5, 0.6) is 11.5 Å². The predicted octanol–water partition coefficient (Wildman–Crippen LogP) is 8.13. The van der Waals surface area contributed by atoms with E-state index in [1.165, 1.54) is 23.8 Å². The first-order valence-corrected chi connectivity index (χ1v) is 11.4. The predicted molar refractivity (Wildman–Crippen MR) is 129 cm³/mol. The molecule has 0 fully saturated rings. The Morgan fingerprint density at radius 3 is 2.24 bits per heavy atom. The van der Waals surface area contributed by atoms with Gasteiger partial charge >= 0.3 is 0 Å². The average molecular weight is 465 g/mol. The van der Waals surface area contributed by atoms with Gasteiger partial charge in [-0.3, -0.25) is 0 Å². The summed E-state index contributed by atoms with van der Waals surface area (Å²) < 4.78 is 54.4. The molecule has 176 valence electrons. The topological polar surface area (TPSA) is 18.5 Å². The standard InChI is InChI=1S/C29H27F3O2/c1-3-19-5-7-20(8-6-19)18-34-23-13-14-24(26(30)17-23)21-9-11-22(12-10-21)25-15-16-27(33-4-2)29(32)28(25)31/h3,7,9-17,19H,1,4-6,8,18H2,2H3. The molecule has 0 amide bonds. The average Bonchev–Trinajstić information content (AvgIpc) is 2.86. The highest BCUT2D eigenvalue weighted by molar-refractivity contribution is 5.71. The van der Waals surface area contributed by atoms with Gasteiger partial charge < -0.3 is 9.47 Å². The Kier molecular flexibility index (Phi) is 7.41. The zero-order valence-electron chi connectivity index (χ0n) is 19.1. The molecule has 0 saturated heterocycles. The minimum Gasteiger partial charge on any atom is -0.491 e. The summed E-state index contributed by atoms with van der Waals surface area (Å²) in [6.45, 7) is 6.24. The fraction of sp³-hybridized carbons (Fsp3) is 0.241. The number of benzene rings is 3. The smallest absolute Gasteiger partial charge is 0.201 e. The third-order valence-electron chi connectivity index (χ3n) is 6.10. The van der Waals surface area contributed by atoms with Crippen molar-refractivity contribution in [3.63, 3.8) is 0 Å². The molecule has 34 heavy (non-hydrogen) atoms. The van der Waals surface area contributed by atoms with E-state index >= 15 is 0 Å². The third kappa shape index (κ3) is 5.19. The van der Waals surface area contributed by atoms with E-state index in [2.05, 4.69) is 12.7 Å². The van der Waals surface area contributed by atoms with Crippen LogP contribution in [0, 0.1) is 23.4 Å². The normalized spacial score (nSPS) is 15.5. The molecule has 0 spiro atoms. The van der Waals surface area contributed by atoms with Gasteiger partial charge in [0.15, 0.2) is 11.6 Å². The summed E-state index contributed by atoms with van der Waals surface area (Å²) in [5.74, 6) is -1.53. The summed E-state index contributed by atoms with van der Waals surface area (Å²) >= 11 is 0. The van der Waals surface area contributed by atoms with Crippen molar-refractivity contribution in [2.75, 3.05) is 13.2 Å². The Bertz CT molecular complexity index is 1200. The quantitative estimate of drug-likeness (QED) is 0.313. The van der Waals surface area contributed by atoms with Gasteiger partial charge in [0.25, 0.3) is 0 Å². The van der Waals surface area contributed by atoms with E-state index in [9.17, 15) is 13.2 Å². The Labute approximate surface area is 198 Å². The maximum Gasteiger partial charge on any atom is 0.201 e. The second kappa shape index (κ2) is 10.6. The van der Waals surface area contributed by atoms with Gasteiger partial charge in [-0.1, -0.05) is 36.4 Å². The molecule has 0 aliphatic heterocycles. The van der Waals surface area contributed by atoms with Gasteiger partial charge in [-0.25, -0.2) is 8.78 Å². The van der Waals surface area contributed by atoms with Crippen molar-refractivity contribution < 1.29 is 22.6 Å². The van der Waals surface area contributed by atoms with Crippen LogP contribution in [0.25, 0.3) is 22.3 Å².